The number of rotatable bonds is 7. The molecule has 2 heteroatoms. The molecule has 0 saturated heterocycles. The topological polar surface area (TPSA) is 16.4 Å². The van der Waals surface area contributed by atoms with Crippen LogP contribution in [0.4, 0.5) is 17.1 Å². The van der Waals surface area contributed by atoms with Crippen molar-refractivity contribution in [2.24, 2.45) is 11.8 Å². The van der Waals surface area contributed by atoms with Crippen molar-refractivity contribution in [2.75, 3.05) is 4.90 Å². The van der Waals surface area contributed by atoms with Crippen molar-refractivity contribution in [1.82, 2.24) is 0 Å². The fourth-order valence-electron chi connectivity index (χ4n) is 10.8. The lowest BCUT2D eigenvalue weighted by atomic mass is 9.57. The molecule has 1 fully saturated rings. The van der Waals surface area contributed by atoms with Crippen LogP contribution in [0.5, 0.6) is 0 Å². The molecule has 0 amide bonds. The first kappa shape index (κ1) is 36.2. The molecule has 1 spiro atoms. The number of fused-ring (bicyclic) bond motifs is 8. The summed E-state index contributed by atoms with van der Waals surface area (Å²) in [5, 5.41) is 2.21. The van der Waals surface area contributed by atoms with Gasteiger partial charge in [-0.1, -0.05) is 166 Å². The highest BCUT2D eigenvalue weighted by atomic mass is 16.3. The van der Waals surface area contributed by atoms with Gasteiger partial charge in [-0.25, -0.2) is 0 Å². The summed E-state index contributed by atoms with van der Waals surface area (Å²) in [6, 6.07) is 68.6. The zero-order valence-corrected chi connectivity index (χ0v) is 34.2. The SMILES string of the molecule is C=C1CC(CC)CC(C)C12c1ccccc1-c1ccc(-c3cccc(-c4cccc(N(c5ccc(-c6ccccc6)cc5)c5cccc6oc7ccccc7c56)c4)c3)cc12. The Morgan fingerprint density at radius 2 is 1.17 bits per heavy atom. The molecule has 11 rings (SSSR count). The van der Waals surface area contributed by atoms with Gasteiger partial charge in [0, 0.05) is 22.2 Å². The largest absolute Gasteiger partial charge is 0.456 e. The first-order valence-corrected chi connectivity index (χ1v) is 21.5. The number of nitrogens with zero attached hydrogens (tertiary/aromatic N) is 1. The molecule has 0 bridgehead atoms. The van der Waals surface area contributed by atoms with Crippen LogP contribution in [0, 0.1) is 11.8 Å². The summed E-state index contributed by atoms with van der Waals surface area (Å²) < 4.78 is 6.41. The van der Waals surface area contributed by atoms with Gasteiger partial charge in [0.15, 0.2) is 0 Å². The Kier molecular flexibility index (Phi) is 8.71. The van der Waals surface area contributed by atoms with Crippen LogP contribution in [-0.4, -0.2) is 0 Å². The molecule has 9 aromatic rings. The van der Waals surface area contributed by atoms with Gasteiger partial charge in [0.05, 0.1) is 11.1 Å². The second-order valence-corrected chi connectivity index (χ2v) is 17.0. The van der Waals surface area contributed by atoms with Gasteiger partial charge in [0.25, 0.3) is 0 Å². The highest BCUT2D eigenvalue weighted by molar-refractivity contribution is 6.13. The molecule has 2 aliphatic rings. The molecular formula is C58H47NO. The molecule has 8 aromatic carbocycles. The minimum atomic E-state index is -0.161. The van der Waals surface area contributed by atoms with E-state index in [-0.39, 0.29) is 5.41 Å². The van der Waals surface area contributed by atoms with E-state index in [1.165, 1.54) is 68.5 Å². The van der Waals surface area contributed by atoms with E-state index in [0.717, 1.165) is 51.0 Å². The third-order valence-corrected chi connectivity index (χ3v) is 13.7. The Morgan fingerprint density at radius 3 is 1.97 bits per heavy atom. The molecule has 0 N–H and O–H groups in total. The highest BCUT2D eigenvalue weighted by Gasteiger charge is 2.51. The van der Waals surface area contributed by atoms with Crippen molar-refractivity contribution in [3.8, 4) is 44.5 Å². The van der Waals surface area contributed by atoms with Gasteiger partial charge in [-0.15, -0.1) is 0 Å². The van der Waals surface area contributed by atoms with Gasteiger partial charge in [0.2, 0.25) is 0 Å². The van der Waals surface area contributed by atoms with Crippen LogP contribution >= 0.6 is 0 Å². The number of allylic oxidation sites excluding steroid dienone is 1. The normalized spacial score (nSPS) is 18.2. The molecule has 2 aliphatic carbocycles. The van der Waals surface area contributed by atoms with Crippen LogP contribution in [0.3, 0.4) is 0 Å². The molecule has 0 radical (unpaired) electrons. The molecule has 0 aliphatic heterocycles. The van der Waals surface area contributed by atoms with E-state index in [1.807, 2.05) is 6.07 Å². The first-order chi connectivity index (χ1) is 29.5. The monoisotopic (exact) mass is 773 g/mol. The van der Waals surface area contributed by atoms with Crippen LogP contribution in [-0.2, 0) is 5.41 Å². The maximum Gasteiger partial charge on any atom is 0.137 e. The van der Waals surface area contributed by atoms with Crippen LogP contribution in [0.15, 0.2) is 205 Å². The van der Waals surface area contributed by atoms with Crippen LogP contribution in [0.1, 0.15) is 44.2 Å². The summed E-state index contributed by atoms with van der Waals surface area (Å²) in [5.41, 5.74) is 19.0. The highest BCUT2D eigenvalue weighted by Crippen LogP contribution is 2.61. The van der Waals surface area contributed by atoms with Crippen molar-refractivity contribution in [3.63, 3.8) is 0 Å². The Bertz CT molecular complexity index is 3080. The van der Waals surface area contributed by atoms with Gasteiger partial charge in [-0.2, -0.15) is 0 Å². The zero-order chi connectivity index (χ0) is 40.4. The third kappa shape index (κ3) is 5.69. The van der Waals surface area contributed by atoms with E-state index in [9.17, 15) is 0 Å². The average Bonchev–Trinajstić information content (AvgIpc) is 3.83. The van der Waals surface area contributed by atoms with E-state index in [4.69, 9.17) is 11.0 Å². The third-order valence-electron chi connectivity index (χ3n) is 13.7. The second-order valence-electron chi connectivity index (χ2n) is 17.0. The van der Waals surface area contributed by atoms with E-state index in [1.54, 1.807) is 0 Å². The molecule has 1 saturated carbocycles. The molecule has 3 unspecified atom stereocenters. The molecule has 3 atom stereocenters. The minimum absolute atomic E-state index is 0.161. The molecule has 290 valence electrons. The second kappa shape index (κ2) is 14.4. The number of benzene rings is 8. The summed E-state index contributed by atoms with van der Waals surface area (Å²) >= 11 is 0. The lowest BCUT2D eigenvalue weighted by molar-refractivity contribution is 0.248. The minimum Gasteiger partial charge on any atom is -0.456 e. The smallest absolute Gasteiger partial charge is 0.137 e. The molecule has 60 heavy (non-hydrogen) atoms. The van der Waals surface area contributed by atoms with Gasteiger partial charge >= 0.3 is 0 Å². The van der Waals surface area contributed by atoms with E-state index >= 15 is 0 Å². The summed E-state index contributed by atoms with van der Waals surface area (Å²) in [6.45, 7) is 9.66. The van der Waals surface area contributed by atoms with Crippen LogP contribution in [0.2, 0.25) is 0 Å². The molecule has 1 aromatic heterocycles. The van der Waals surface area contributed by atoms with Gasteiger partial charge in [0.1, 0.15) is 11.2 Å². The first-order valence-electron chi connectivity index (χ1n) is 21.5. The van der Waals surface area contributed by atoms with Gasteiger partial charge in [-0.05, 0) is 135 Å². The quantitative estimate of drug-likeness (QED) is 0.150. The summed E-state index contributed by atoms with van der Waals surface area (Å²) in [5.74, 6) is 1.17. The van der Waals surface area contributed by atoms with E-state index in [0.29, 0.717) is 11.8 Å². The summed E-state index contributed by atoms with van der Waals surface area (Å²) in [4.78, 5) is 2.38. The predicted octanol–water partition coefficient (Wildman–Crippen LogP) is 16.3. The number of hydrogen-bond donors (Lipinski definition) is 0. The van der Waals surface area contributed by atoms with Crippen molar-refractivity contribution >= 4 is 39.0 Å². The van der Waals surface area contributed by atoms with Gasteiger partial charge < -0.3 is 9.32 Å². The lowest BCUT2D eigenvalue weighted by Crippen LogP contribution is -2.40. The standard InChI is InChI=1S/C58H47NO/c1-4-40-33-38(2)58(39(3)34-40)52-23-10-8-21-49(52)50-32-29-46(37-53(50)58)44-18-12-17-43(35-44)45-19-13-20-48(36-45)59(47-30-27-42(28-31-47)41-15-6-5-7-16-41)54-24-14-26-56-57(54)51-22-9-11-25-55(51)60-56/h5-32,35-37,39-40H,2,4,33-34H2,1,3H3. The number of furan rings is 1. The fraction of sp³-hybridized carbons (Fsp3) is 0.138. The predicted molar refractivity (Wildman–Crippen MR) is 252 cm³/mol. The Balaban J connectivity index is 1.02. The van der Waals surface area contributed by atoms with Gasteiger partial charge in [-0.3, -0.25) is 0 Å². The summed E-state index contributed by atoms with van der Waals surface area (Å²) in [6.07, 6.45) is 3.51. The van der Waals surface area contributed by atoms with Crippen molar-refractivity contribution in [2.45, 2.75) is 38.5 Å². The zero-order valence-electron chi connectivity index (χ0n) is 34.2. The molecular weight excluding hydrogens is 727 g/mol. The Hall–Kier alpha value is -6.90. The van der Waals surface area contributed by atoms with Crippen LogP contribution < -0.4 is 4.90 Å². The average molecular weight is 774 g/mol. The maximum atomic E-state index is 6.41. The van der Waals surface area contributed by atoms with Crippen LogP contribution in [0.25, 0.3) is 66.4 Å². The fourth-order valence-corrected chi connectivity index (χ4v) is 10.8. The van der Waals surface area contributed by atoms with Crippen molar-refractivity contribution in [1.29, 1.82) is 0 Å². The molecule has 2 nitrogen and oxygen atoms in total. The summed E-state index contributed by atoms with van der Waals surface area (Å²) in [7, 11) is 0. The van der Waals surface area contributed by atoms with E-state index < -0.39 is 0 Å². The molecule has 1 heterocycles. The van der Waals surface area contributed by atoms with Crippen molar-refractivity contribution in [3.05, 3.63) is 211 Å². The Morgan fingerprint density at radius 1 is 0.550 bits per heavy atom. The number of para-hydroxylation sites is 1. The lowest BCUT2D eigenvalue weighted by Gasteiger charge is -2.46. The Labute approximate surface area is 353 Å². The number of hydrogen-bond acceptors (Lipinski definition) is 2. The number of anilines is 3. The van der Waals surface area contributed by atoms with Crippen molar-refractivity contribution < 1.29 is 4.42 Å². The maximum absolute atomic E-state index is 6.41. The van der Waals surface area contributed by atoms with E-state index in [2.05, 4.69) is 201 Å².